The summed E-state index contributed by atoms with van der Waals surface area (Å²) in [5, 5.41) is 4.42. The molecule has 0 spiro atoms. The maximum Gasteiger partial charge on any atom is 0.254 e. The molecule has 0 saturated carbocycles. The van der Waals surface area contributed by atoms with Crippen LogP contribution in [0.5, 0.6) is 11.5 Å². The van der Waals surface area contributed by atoms with E-state index in [-0.39, 0.29) is 18.7 Å². The maximum atomic E-state index is 14.4. The summed E-state index contributed by atoms with van der Waals surface area (Å²) in [6.45, 7) is 7.24. The van der Waals surface area contributed by atoms with Crippen LogP contribution in [0, 0.1) is 0 Å². The molecule has 216 valence electrons. The van der Waals surface area contributed by atoms with Gasteiger partial charge in [-0.25, -0.2) is 4.98 Å². The second-order valence-electron chi connectivity index (χ2n) is 11.8. The van der Waals surface area contributed by atoms with Crippen molar-refractivity contribution in [1.29, 1.82) is 0 Å². The van der Waals surface area contributed by atoms with Gasteiger partial charge >= 0.3 is 0 Å². The van der Waals surface area contributed by atoms with Gasteiger partial charge in [0.2, 0.25) is 6.79 Å². The number of carbonyl (C=O) groups excluding carboxylic acids is 1. The van der Waals surface area contributed by atoms with Crippen LogP contribution in [0.4, 0.5) is 5.82 Å². The molecule has 3 aliphatic heterocycles. The number of pyridine rings is 1. The van der Waals surface area contributed by atoms with Gasteiger partial charge in [0, 0.05) is 31.1 Å². The van der Waals surface area contributed by atoms with Gasteiger partial charge in [0.25, 0.3) is 5.91 Å². The molecule has 3 aliphatic rings. The molecule has 1 N–H and O–H groups in total. The molecule has 2 atom stereocenters. The third kappa shape index (κ3) is 5.41. The van der Waals surface area contributed by atoms with Gasteiger partial charge in [-0.15, -0.1) is 0 Å². The Morgan fingerprint density at radius 2 is 1.71 bits per heavy atom. The highest BCUT2D eigenvalue weighted by molar-refractivity contribution is 6.08. The Labute approximate surface area is 247 Å². The molecule has 1 amide bonds. The number of likely N-dealkylation sites (tertiary alicyclic amines) is 2. The van der Waals surface area contributed by atoms with E-state index in [0.717, 1.165) is 84.9 Å². The highest BCUT2D eigenvalue weighted by Crippen LogP contribution is 2.37. The fourth-order valence-corrected chi connectivity index (χ4v) is 6.62. The minimum atomic E-state index is 0.103. The third-order valence-electron chi connectivity index (χ3n) is 9.01. The van der Waals surface area contributed by atoms with Crippen LogP contribution in [-0.4, -0.2) is 66.2 Å². The molecule has 42 heavy (non-hydrogen) atoms. The average molecular weight is 563 g/mol. The second kappa shape index (κ2) is 11.6. The Morgan fingerprint density at radius 1 is 0.929 bits per heavy atom. The van der Waals surface area contributed by atoms with Crippen molar-refractivity contribution in [2.45, 2.75) is 44.6 Å². The van der Waals surface area contributed by atoms with Crippen molar-refractivity contribution in [2.75, 3.05) is 44.8 Å². The lowest BCUT2D eigenvalue weighted by Gasteiger charge is -2.29. The fourth-order valence-electron chi connectivity index (χ4n) is 6.62. The van der Waals surface area contributed by atoms with Gasteiger partial charge in [0.05, 0.1) is 11.1 Å². The summed E-state index contributed by atoms with van der Waals surface area (Å²) in [7, 11) is 0. The zero-order valence-corrected chi connectivity index (χ0v) is 24.2. The van der Waals surface area contributed by atoms with E-state index in [2.05, 4.69) is 58.4 Å². The van der Waals surface area contributed by atoms with E-state index in [0.29, 0.717) is 11.5 Å². The number of nitrogens with zero attached hydrogens (tertiary/aromatic N) is 3. The summed E-state index contributed by atoms with van der Waals surface area (Å²) < 4.78 is 11.1. The molecule has 0 radical (unpaired) electrons. The van der Waals surface area contributed by atoms with Gasteiger partial charge in [0.1, 0.15) is 5.82 Å². The minimum absolute atomic E-state index is 0.103. The summed E-state index contributed by atoms with van der Waals surface area (Å²) in [6.07, 6.45) is 4.63. The molecule has 7 rings (SSSR count). The molecule has 4 aromatic rings. The Morgan fingerprint density at radius 3 is 2.57 bits per heavy atom. The van der Waals surface area contributed by atoms with E-state index in [1.165, 1.54) is 18.4 Å². The maximum absolute atomic E-state index is 14.4. The monoisotopic (exact) mass is 562 g/mol. The number of benzene rings is 3. The zero-order chi connectivity index (χ0) is 28.5. The lowest BCUT2D eigenvalue weighted by atomic mass is 9.99. The number of hydrogen-bond acceptors (Lipinski definition) is 6. The first-order chi connectivity index (χ1) is 20.6. The number of hydrogen-bond donors (Lipinski definition) is 1. The predicted molar refractivity (Wildman–Crippen MR) is 166 cm³/mol. The molecular weight excluding hydrogens is 524 g/mol. The van der Waals surface area contributed by atoms with E-state index in [1.54, 1.807) is 0 Å². The lowest BCUT2D eigenvalue weighted by Crippen LogP contribution is -2.42. The topological polar surface area (TPSA) is 66.9 Å². The van der Waals surface area contributed by atoms with Crippen LogP contribution < -0.4 is 14.8 Å². The highest BCUT2D eigenvalue weighted by Gasteiger charge is 2.32. The smallest absolute Gasteiger partial charge is 0.254 e. The Hall–Kier alpha value is -4.10. The summed E-state index contributed by atoms with van der Waals surface area (Å²) in [5.41, 5.74) is 4.84. The summed E-state index contributed by atoms with van der Waals surface area (Å²) in [5.74, 6) is 2.65. The highest BCUT2D eigenvalue weighted by atomic mass is 16.7. The number of rotatable bonds is 8. The number of anilines is 1. The van der Waals surface area contributed by atoms with Crippen LogP contribution in [-0.2, 0) is 0 Å². The Balaban J connectivity index is 1.23. The van der Waals surface area contributed by atoms with Crippen molar-refractivity contribution in [1.82, 2.24) is 14.8 Å². The van der Waals surface area contributed by atoms with E-state index in [9.17, 15) is 4.79 Å². The predicted octanol–water partition coefficient (Wildman–Crippen LogP) is 6.55. The second-order valence-corrected chi connectivity index (χ2v) is 11.8. The average Bonchev–Trinajstić information content (AvgIpc) is 3.82. The molecule has 0 bridgehead atoms. The first kappa shape index (κ1) is 26.8. The van der Waals surface area contributed by atoms with Gasteiger partial charge in [-0.1, -0.05) is 49.4 Å². The molecule has 7 nitrogen and oxygen atoms in total. The molecular formula is C35H38N4O3. The number of ether oxygens (including phenoxy) is 2. The minimum Gasteiger partial charge on any atom is -0.454 e. The van der Waals surface area contributed by atoms with Gasteiger partial charge in [0.15, 0.2) is 11.5 Å². The standard InChI is InChI=1S/C35H38N4O3/c1-24(25-8-3-2-4-9-25)21-36-34-20-30(35(40)39-17-7-10-28(39)22-38-15-5-6-16-38)29-18-26(11-13-31(29)37-34)27-12-14-32-33(19-27)42-23-41-32/h2-4,8-9,11-14,18-20,24,28H,5-7,10,15-17,21-23H2,1H3,(H,36,37)/t24?,28-/m0/s1. The molecule has 1 aromatic heterocycles. The zero-order valence-electron chi connectivity index (χ0n) is 24.2. The van der Waals surface area contributed by atoms with Crippen LogP contribution in [0.3, 0.4) is 0 Å². The molecule has 1 unspecified atom stereocenters. The van der Waals surface area contributed by atoms with Gasteiger partial charge < -0.3 is 24.6 Å². The van der Waals surface area contributed by atoms with Gasteiger partial charge in [-0.2, -0.15) is 0 Å². The van der Waals surface area contributed by atoms with Crippen molar-refractivity contribution in [3.63, 3.8) is 0 Å². The van der Waals surface area contributed by atoms with E-state index < -0.39 is 0 Å². The normalized spacial score (nSPS) is 19.0. The molecule has 0 aliphatic carbocycles. The number of fused-ring (bicyclic) bond motifs is 2. The fraction of sp³-hybridized carbons (Fsp3) is 0.371. The van der Waals surface area contributed by atoms with Gasteiger partial charge in [-0.3, -0.25) is 4.79 Å². The number of carbonyl (C=O) groups is 1. The number of amides is 1. The molecule has 4 heterocycles. The van der Waals surface area contributed by atoms with Crippen molar-refractivity contribution in [3.8, 4) is 22.6 Å². The Kier molecular flexibility index (Phi) is 7.43. The third-order valence-corrected chi connectivity index (χ3v) is 9.01. The molecule has 7 heteroatoms. The SMILES string of the molecule is CC(CNc1cc(C(=O)N2CCC[C@H]2CN2CCCC2)c2cc(-c3ccc4c(c3)OCO4)ccc2n1)c1ccccc1. The molecule has 2 saturated heterocycles. The van der Waals surface area contributed by atoms with Crippen LogP contribution in [0.2, 0.25) is 0 Å². The van der Waals surface area contributed by atoms with E-state index >= 15 is 0 Å². The summed E-state index contributed by atoms with van der Waals surface area (Å²) in [6, 6.07) is 24.9. The molecule has 2 fully saturated rings. The number of aromatic nitrogens is 1. The van der Waals surface area contributed by atoms with E-state index in [4.69, 9.17) is 14.5 Å². The van der Waals surface area contributed by atoms with Crippen molar-refractivity contribution < 1.29 is 14.3 Å². The first-order valence-electron chi connectivity index (χ1n) is 15.3. The van der Waals surface area contributed by atoms with E-state index in [1.807, 2.05) is 36.4 Å². The Bertz CT molecular complexity index is 1580. The first-order valence-corrected chi connectivity index (χ1v) is 15.3. The molecule has 3 aromatic carbocycles. The largest absolute Gasteiger partial charge is 0.454 e. The number of nitrogens with one attached hydrogen (secondary N) is 1. The van der Waals surface area contributed by atoms with Crippen LogP contribution in [0.1, 0.15) is 54.4 Å². The quantitative estimate of drug-likeness (QED) is 0.263. The summed E-state index contributed by atoms with van der Waals surface area (Å²) in [4.78, 5) is 24.0. The van der Waals surface area contributed by atoms with Gasteiger partial charge in [-0.05, 0) is 91.7 Å². The lowest BCUT2D eigenvalue weighted by molar-refractivity contribution is 0.0710. The summed E-state index contributed by atoms with van der Waals surface area (Å²) >= 11 is 0. The van der Waals surface area contributed by atoms with Crippen molar-refractivity contribution >= 4 is 22.6 Å². The van der Waals surface area contributed by atoms with Crippen LogP contribution in [0.15, 0.2) is 72.8 Å². The van der Waals surface area contributed by atoms with Crippen molar-refractivity contribution in [3.05, 3.63) is 83.9 Å². The van der Waals surface area contributed by atoms with Crippen LogP contribution >= 0.6 is 0 Å². The van der Waals surface area contributed by atoms with Crippen LogP contribution in [0.25, 0.3) is 22.0 Å². The van der Waals surface area contributed by atoms with Crippen molar-refractivity contribution in [2.24, 2.45) is 0 Å².